The number of rotatable bonds is 4. The molecule has 0 aromatic carbocycles. The fraction of sp³-hybridized carbons (Fsp3) is 1.00. The van der Waals surface area contributed by atoms with E-state index in [2.05, 4.69) is 4.72 Å². The van der Waals surface area contributed by atoms with Gasteiger partial charge in [-0.1, -0.05) is 0 Å². The average Bonchev–Trinajstić information content (AvgIpc) is 2.08. The molecular formula is C7H18N2O3S. The summed E-state index contributed by atoms with van der Waals surface area (Å²) in [6.45, 7) is 2.33. The quantitative estimate of drug-likeness (QED) is 0.654. The largest absolute Gasteiger partial charge is 0.385 e. The topological polar surface area (TPSA) is 58.6 Å². The van der Waals surface area contributed by atoms with Gasteiger partial charge >= 0.3 is 0 Å². The predicted octanol–water partition coefficient (Wildman–Crippen LogP) is -0.191. The van der Waals surface area contributed by atoms with E-state index < -0.39 is 10.2 Å². The molecule has 1 N–H and O–H groups in total. The zero-order valence-corrected chi connectivity index (χ0v) is 8.64. The summed E-state index contributed by atoms with van der Waals surface area (Å²) in [7, 11) is -1.56. The standard InChI is InChI=1S/C7H16N2O3S.H2/c1-12-7-3-6-9-5-2-4-8-13(9,10)11;/h8H,2-7H2,1H3;1H. The lowest BCUT2D eigenvalue weighted by molar-refractivity contribution is 0.186. The highest BCUT2D eigenvalue weighted by molar-refractivity contribution is 7.87. The number of nitrogens with one attached hydrogen (secondary N) is 1. The maximum atomic E-state index is 11.3. The lowest BCUT2D eigenvalue weighted by atomic mass is 10.4. The van der Waals surface area contributed by atoms with Crippen molar-refractivity contribution in [3.8, 4) is 0 Å². The summed E-state index contributed by atoms with van der Waals surface area (Å²) in [4.78, 5) is 0. The van der Waals surface area contributed by atoms with Crippen LogP contribution in [0.3, 0.4) is 0 Å². The molecule has 1 heterocycles. The van der Waals surface area contributed by atoms with Crippen LogP contribution in [0.15, 0.2) is 0 Å². The Morgan fingerprint density at radius 2 is 2.38 bits per heavy atom. The number of methoxy groups -OCH3 is 1. The molecule has 6 heteroatoms. The van der Waals surface area contributed by atoms with Crippen molar-refractivity contribution in [3.63, 3.8) is 0 Å². The number of nitrogens with zero attached hydrogens (tertiary/aromatic N) is 1. The normalized spacial score (nSPS) is 23.2. The van der Waals surface area contributed by atoms with Crippen molar-refractivity contribution < 1.29 is 14.6 Å². The van der Waals surface area contributed by atoms with Gasteiger partial charge in [0.2, 0.25) is 0 Å². The van der Waals surface area contributed by atoms with Gasteiger partial charge in [-0.2, -0.15) is 12.7 Å². The van der Waals surface area contributed by atoms with E-state index in [1.54, 1.807) is 7.11 Å². The molecule has 0 saturated carbocycles. The van der Waals surface area contributed by atoms with E-state index in [4.69, 9.17) is 4.74 Å². The van der Waals surface area contributed by atoms with Crippen molar-refractivity contribution in [1.82, 2.24) is 9.03 Å². The summed E-state index contributed by atoms with van der Waals surface area (Å²) in [5.74, 6) is 0. The first-order valence-electron chi connectivity index (χ1n) is 4.40. The van der Waals surface area contributed by atoms with Crippen LogP contribution in [0.25, 0.3) is 0 Å². The second-order valence-corrected chi connectivity index (χ2v) is 4.75. The lowest BCUT2D eigenvalue weighted by Crippen LogP contribution is -2.47. The molecule has 1 fully saturated rings. The predicted molar refractivity (Wildman–Crippen MR) is 51.7 cm³/mol. The lowest BCUT2D eigenvalue weighted by Gasteiger charge is -2.26. The summed E-state index contributed by atoms with van der Waals surface area (Å²) in [5, 5.41) is 0. The number of ether oxygens (including phenoxy) is 1. The zero-order chi connectivity index (χ0) is 9.73. The molecule has 0 atom stereocenters. The van der Waals surface area contributed by atoms with E-state index in [-0.39, 0.29) is 1.43 Å². The molecule has 5 nitrogen and oxygen atoms in total. The van der Waals surface area contributed by atoms with Gasteiger partial charge in [-0.15, -0.1) is 0 Å². The van der Waals surface area contributed by atoms with Crippen LogP contribution in [-0.4, -0.2) is 46.1 Å². The molecule has 0 bridgehead atoms. The molecule has 0 aliphatic carbocycles. The van der Waals surface area contributed by atoms with Gasteiger partial charge in [-0.3, -0.25) is 0 Å². The van der Waals surface area contributed by atoms with E-state index in [1.165, 1.54) is 4.31 Å². The van der Waals surface area contributed by atoms with Gasteiger partial charge in [0.05, 0.1) is 0 Å². The van der Waals surface area contributed by atoms with Crippen LogP contribution in [0.1, 0.15) is 14.3 Å². The monoisotopic (exact) mass is 210 g/mol. The Hall–Kier alpha value is -0.170. The maximum absolute atomic E-state index is 11.3. The van der Waals surface area contributed by atoms with Crippen LogP contribution in [0.4, 0.5) is 0 Å². The molecule has 1 aliphatic heterocycles. The Morgan fingerprint density at radius 3 is 3.00 bits per heavy atom. The molecule has 1 saturated heterocycles. The SMILES string of the molecule is COCCCN1CCCNS1(=O)=O.[HH]. The fourth-order valence-electron chi connectivity index (χ4n) is 1.29. The summed E-state index contributed by atoms with van der Waals surface area (Å²) in [6, 6.07) is 0. The first-order valence-corrected chi connectivity index (χ1v) is 5.84. The van der Waals surface area contributed by atoms with E-state index in [0.717, 1.165) is 12.8 Å². The third kappa shape index (κ3) is 3.22. The van der Waals surface area contributed by atoms with Crippen LogP contribution in [0, 0.1) is 0 Å². The average molecular weight is 210 g/mol. The summed E-state index contributed by atoms with van der Waals surface area (Å²) in [6.07, 6.45) is 1.63. The second kappa shape index (κ2) is 4.90. The van der Waals surface area contributed by atoms with Gasteiger partial charge in [0.15, 0.2) is 0 Å². The minimum Gasteiger partial charge on any atom is -0.385 e. The molecule has 0 radical (unpaired) electrons. The van der Waals surface area contributed by atoms with Crippen LogP contribution in [-0.2, 0) is 14.9 Å². The summed E-state index contributed by atoms with van der Waals surface area (Å²) < 4.78 is 31.5. The van der Waals surface area contributed by atoms with Gasteiger partial charge in [0.1, 0.15) is 0 Å². The molecule has 0 spiro atoms. The minimum atomic E-state index is -3.18. The molecule has 1 rings (SSSR count). The third-order valence-corrected chi connectivity index (χ3v) is 3.58. The zero-order valence-electron chi connectivity index (χ0n) is 7.82. The third-order valence-electron chi connectivity index (χ3n) is 1.96. The van der Waals surface area contributed by atoms with Crippen LogP contribution in [0.2, 0.25) is 0 Å². The smallest absolute Gasteiger partial charge is 0.279 e. The molecule has 1 aliphatic rings. The van der Waals surface area contributed by atoms with Gasteiger partial charge in [0, 0.05) is 34.8 Å². The fourth-order valence-corrected chi connectivity index (χ4v) is 2.61. The van der Waals surface area contributed by atoms with Crippen molar-refractivity contribution >= 4 is 10.2 Å². The van der Waals surface area contributed by atoms with Crippen molar-refractivity contribution in [2.45, 2.75) is 12.8 Å². The molecule has 80 valence electrons. The highest BCUT2D eigenvalue weighted by Crippen LogP contribution is 2.05. The Morgan fingerprint density at radius 1 is 1.62 bits per heavy atom. The van der Waals surface area contributed by atoms with Gasteiger partial charge in [-0.05, 0) is 12.8 Å². The molecule has 13 heavy (non-hydrogen) atoms. The summed E-state index contributed by atoms with van der Waals surface area (Å²) >= 11 is 0. The second-order valence-electron chi connectivity index (χ2n) is 3.00. The highest BCUT2D eigenvalue weighted by atomic mass is 32.2. The first kappa shape index (κ1) is 10.9. The Kier molecular flexibility index (Phi) is 4.11. The van der Waals surface area contributed by atoms with E-state index in [1.807, 2.05) is 0 Å². The number of hydrogen-bond acceptors (Lipinski definition) is 3. The molecule has 0 aromatic heterocycles. The van der Waals surface area contributed by atoms with Crippen molar-refractivity contribution in [3.05, 3.63) is 0 Å². The molecular weight excluding hydrogens is 192 g/mol. The Balaban J connectivity index is 0.00000169. The minimum absolute atomic E-state index is 0. The van der Waals surface area contributed by atoms with Gasteiger partial charge in [-0.25, -0.2) is 4.72 Å². The van der Waals surface area contributed by atoms with Gasteiger partial charge < -0.3 is 4.74 Å². The van der Waals surface area contributed by atoms with E-state index >= 15 is 0 Å². The van der Waals surface area contributed by atoms with Crippen molar-refractivity contribution in [2.24, 2.45) is 0 Å². The highest BCUT2D eigenvalue weighted by Gasteiger charge is 2.24. The van der Waals surface area contributed by atoms with Crippen molar-refractivity contribution in [1.29, 1.82) is 0 Å². The molecule has 0 aromatic rings. The van der Waals surface area contributed by atoms with Gasteiger partial charge in [0.25, 0.3) is 10.2 Å². The summed E-state index contributed by atoms with van der Waals surface area (Å²) in [5.41, 5.74) is 0. The van der Waals surface area contributed by atoms with Crippen LogP contribution >= 0.6 is 0 Å². The van der Waals surface area contributed by atoms with Crippen molar-refractivity contribution in [2.75, 3.05) is 33.4 Å². The molecule has 0 amide bonds. The Labute approximate surface area is 80.7 Å². The maximum Gasteiger partial charge on any atom is 0.279 e. The Bertz CT molecular complexity index is 245. The van der Waals surface area contributed by atoms with E-state index in [9.17, 15) is 8.42 Å². The molecule has 0 unspecified atom stereocenters. The first-order chi connectivity index (χ1) is 6.17. The van der Waals surface area contributed by atoms with Crippen LogP contribution < -0.4 is 4.72 Å². The van der Waals surface area contributed by atoms with Crippen LogP contribution in [0.5, 0.6) is 0 Å². The number of hydrogen-bond donors (Lipinski definition) is 1. The van der Waals surface area contributed by atoms with E-state index in [0.29, 0.717) is 26.2 Å².